The molecule has 1 heterocycles. The van der Waals surface area contributed by atoms with E-state index in [1.807, 2.05) is 12.1 Å². The average molecular weight is 285 g/mol. The van der Waals surface area contributed by atoms with Crippen molar-refractivity contribution in [3.63, 3.8) is 0 Å². The van der Waals surface area contributed by atoms with Gasteiger partial charge in [-0.2, -0.15) is 0 Å². The van der Waals surface area contributed by atoms with E-state index in [-0.39, 0.29) is 0 Å². The molecule has 1 aliphatic rings. The maximum absolute atomic E-state index is 9.60. The summed E-state index contributed by atoms with van der Waals surface area (Å²) in [7, 11) is 2.16. The summed E-state index contributed by atoms with van der Waals surface area (Å²) in [6.07, 6.45) is 0. The highest BCUT2D eigenvalue weighted by Crippen LogP contribution is 2.24. The Bertz CT molecular complexity index is 362. The monoisotopic (exact) mass is 284 g/mol. The first-order chi connectivity index (χ1) is 7.65. The number of piperazine rings is 1. The van der Waals surface area contributed by atoms with Gasteiger partial charge in [0.05, 0.1) is 4.47 Å². The van der Waals surface area contributed by atoms with Gasteiger partial charge >= 0.3 is 0 Å². The third-order valence-electron chi connectivity index (χ3n) is 3.01. The second-order valence-electron chi connectivity index (χ2n) is 4.37. The maximum Gasteiger partial charge on any atom is 0.130 e. The summed E-state index contributed by atoms with van der Waals surface area (Å²) >= 11 is 3.29. The Hall–Kier alpha value is -0.580. The minimum atomic E-state index is 0.326. The largest absolute Gasteiger partial charge is 0.507 e. The Morgan fingerprint density at radius 2 is 1.94 bits per heavy atom. The van der Waals surface area contributed by atoms with Crippen LogP contribution in [0.25, 0.3) is 0 Å². The van der Waals surface area contributed by atoms with Crippen LogP contribution in [0.5, 0.6) is 5.75 Å². The SMILES string of the molecule is CN1CCN(Cc2ccc(Br)c(O)c2)CC1. The number of halogens is 1. The van der Waals surface area contributed by atoms with E-state index in [9.17, 15) is 5.11 Å². The molecule has 0 spiro atoms. The van der Waals surface area contributed by atoms with E-state index in [0.717, 1.165) is 37.2 Å². The van der Waals surface area contributed by atoms with Gasteiger partial charge in [-0.05, 0) is 40.7 Å². The molecule has 0 bridgehead atoms. The molecule has 1 fully saturated rings. The van der Waals surface area contributed by atoms with Gasteiger partial charge in [0.15, 0.2) is 0 Å². The zero-order chi connectivity index (χ0) is 11.5. The Labute approximate surface area is 105 Å². The molecule has 1 aliphatic heterocycles. The van der Waals surface area contributed by atoms with Gasteiger partial charge < -0.3 is 10.0 Å². The van der Waals surface area contributed by atoms with Crippen LogP contribution in [0, 0.1) is 0 Å². The highest BCUT2D eigenvalue weighted by molar-refractivity contribution is 9.10. The van der Waals surface area contributed by atoms with Gasteiger partial charge in [-0.25, -0.2) is 0 Å². The van der Waals surface area contributed by atoms with Crippen LogP contribution in [0.2, 0.25) is 0 Å². The van der Waals surface area contributed by atoms with E-state index in [2.05, 4.69) is 38.8 Å². The van der Waals surface area contributed by atoms with E-state index in [0.29, 0.717) is 5.75 Å². The van der Waals surface area contributed by atoms with Gasteiger partial charge in [-0.3, -0.25) is 4.90 Å². The van der Waals surface area contributed by atoms with Gasteiger partial charge in [-0.15, -0.1) is 0 Å². The second-order valence-corrected chi connectivity index (χ2v) is 5.22. The van der Waals surface area contributed by atoms with Crippen LogP contribution in [0.4, 0.5) is 0 Å². The quantitative estimate of drug-likeness (QED) is 0.899. The van der Waals surface area contributed by atoms with Gasteiger partial charge in [0.2, 0.25) is 0 Å². The van der Waals surface area contributed by atoms with Crippen LogP contribution >= 0.6 is 15.9 Å². The lowest BCUT2D eigenvalue weighted by molar-refractivity contribution is 0.148. The van der Waals surface area contributed by atoms with Crippen molar-refractivity contribution in [1.29, 1.82) is 0 Å². The summed E-state index contributed by atoms with van der Waals surface area (Å²) in [5.41, 5.74) is 1.17. The number of rotatable bonds is 2. The topological polar surface area (TPSA) is 26.7 Å². The fraction of sp³-hybridized carbons (Fsp3) is 0.500. The fourth-order valence-corrected chi connectivity index (χ4v) is 2.17. The Kier molecular flexibility index (Phi) is 3.84. The van der Waals surface area contributed by atoms with E-state index >= 15 is 0 Å². The van der Waals surface area contributed by atoms with Crippen LogP contribution in [0.1, 0.15) is 5.56 Å². The number of phenols is 1. The highest BCUT2D eigenvalue weighted by atomic mass is 79.9. The molecule has 0 radical (unpaired) electrons. The van der Waals surface area contributed by atoms with E-state index in [1.54, 1.807) is 0 Å². The molecule has 0 amide bonds. The number of likely N-dealkylation sites (N-methyl/N-ethyl adjacent to an activating group) is 1. The van der Waals surface area contributed by atoms with Crippen molar-refractivity contribution >= 4 is 15.9 Å². The van der Waals surface area contributed by atoms with Crippen molar-refractivity contribution in [2.75, 3.05) is 33.2 Å². The first-order valence-corrected chi connectivity index (χ1v) is 6.33. The summed E-state index contributed by atoms with van der Waals surface area (Å²) in [4.78, 5) is 4.76. The molecule has 4 heteroatoms. The minimum absolute atomic E-state index is 0.326. The van der Waals surface area contributed by atoms with Crippen LogP contribution in [-0.2, 0) is 6.54 Å². The third kappa shape index (κ3) is 2.97. The summed E-state index contributed by atoms with van der Waals surface area (Å²) < 4.78 is 0.759. The lowest BCUT2D eigenvalue weighted by Crippen LogP contribution is -2.43. The number of benzene rings is 1. The zero-order valence-electron chi connectivity index (χ0n) is 9.49. The lowest BCUT2D eigenvalue weighted by atomic mass is 10.2. The van der Waals surface area contributed by atoms with Crippen molar-refractivity contribution in [3.8, 4) is 5.75 Å². The van der Waals surface area contributed by atoms with Gasteiger partial charge in [0.1, 0.15) is 5.75 Å². The first-order valence-electron chi connectivity index (χ1n) is 5.53. The molecule has 1 N–H and O–H groups in total. The number of nitrogens with zero attached hydrogens (tertiary/aromatic N) is 2. The summed E-state index contributed by atoms with van der Waals surface area (Å²) in [5, 5.41) is 9.60. The van der Waals surface area contributed by atoms with Crippen molar-refractivity contribution < 1.29 is 5.11 Å². The molecule has 0 unspecified atom stereocenters. The smallest absolute Gasteiger partial charge is 0.130 e. The zero-order valence-corrected chi connectivity index (χ0v) is 11.1. The van der Waals surface area contributed by atoms with Crippen molar-refractivity contribution in [1.82, 2.24) is 9.80 Å². The minimum Gasteiger partial charge on any atom is -0.507 e. The summed E-state index contributed by atoms with van der Waals surface area (Å²) in [6, 6.07) is 5.80. The van der Waals surface area contributed by atoms with Crippen molar-refractivity contribution in [2.45, 2.75) is 6.54 Å². The lowest BCUT2D eigenvalue weighted by Gasteiger charge is -2.32. The Balaban J connectivity index is 1.96. The number of hydrogen-bond acceptors (Lipinski definition) is 3. The van der Waals surface area contributed by atoms with Crippen LogP contribution in [0.15, 0.2) is 22.7 Å². The molecule has 0 atom stereocenters. The first kappa shape index (κ1) is 11.9. The molecule has 3 nitrogen and oxygen atoms in total. The number of phenolic OH excluding ortho intramolecular Hbond substituents is 1. The summed E-state index contributed by atoms with van der Waals surface area (Å²) in [6.45, 7) is 5.39. The van der Waals surface area contributed by atoms with Crippen LogP contribution < -0.4 is 0 Å². The molecule has 1 aromatic rings. The standard InChI is InChI=1S/C12H17BrN2O/c1-14-4-6-15(7-5-14)9-10-2-3-11(13)12(16)8-10/h2-3,8,16H,4-7,9H2,1H3. The van der Waals surface area contributed by atoms with Crippen LogP contribution in [0.3, 0.4) is 0 Å². The van der Waals surface area contributed by atoms with E-state index < -0.39 is 0 Å². The second kappa shape index (κ2) is 5.17. The molecule has 0 aromatic heterocycles. The molecule has 1 saturated heterocycles. The van der Waals surface area contributed by atoms with E-state index in [4.69, 9.17) is 0 Å². The normalized spacial score (nSPS) is 18.9. The molecule has 1 aromatic carbocycles. The predicted octanol–water partition coefficient (Wildman–Crippen LogP) is 1.90. The average Bonchev–Trinajstić information content (AvgIpc) is 2.27. The molecule has 88 valence electrons. The molecule has 16 heavy (non-hydrogen) atoms. The third-order valence-corrected chi connectivity index (χ3v) is 3.68. The van der Waals surface area contributed by atoms with Gasteiger partial charge in [0.25, 0.3) is 0 Å². The predicted molar refractivity (Wildman–Crippen MR) is 68.6 cm³/mol. The van der Waals surface area contributed by atoms with Gasteiger partial charge in [-0.1, -0.05) is 6.07 Å². The molecular weight excluding hydrogens is 268 g/mol. The van der Waals surface area contributed by atoms with Crippen molar-refractivity contribution in [2.24, 2.45) is 0 Å². The molecule has 0 saturated carbocycles. The Morgan fingerprint density at radius 1 is 1.25 bits per heavy atom. The Morgan fingerprint density at radius 3 is 2.56 bits per heavy atom. The molecule has 0 aliphatic carbocycles. The highest BCUT2D eigenvalue weighted by Gasteiger charge is 2.14. The summed E-state index contributed by atoms with van der Waals surface area (Å²) in [5.74, 6) is 0.326. The van der Waals surface area contributed by atoms with Crippen LogP contribution in [-0.4, -0.2) is 48.1 Å². The molecule has 2 rings (SSSR count). The fourth-order valence-electron chi connectivity index (χ4n) is 1.92. The number of hydrogen-bond donors (Lipinski definition) is 1. The number of aromatic hydroxyl groups is 1. The van der Waals surface area contributed by atoms with Crippen molar-refractivity contribution in [3.05, 3.63) is 28.2 Å². The molecular formula is C12H17BrN2O. The van der Waals surface area contributed by atoms with Gasteiger partial charge in [0, 0.05) is 32.7 Å². The maximum atomic E-state index is 9.60. The van der Waals surface area contributed by atoms with E-state index in [1.165, 1.54) is 5.56 Å².